The summed E-state index contributed by atoms with van der Waals surface area (Å²) in [6.07, 6.45) is 4.31. The Morgan fingerprint density at radius 3 is 2.42 bits per heavy atom. The first kappa shape index (κ1) is 17.5. The van der Waals surface area contributed by atoms with Gasteiger partial charge in [0.15, 0.2) is 6.73 Å². The van der Waals surface area contributed by atoms with Crippen molar-refractivity contribution >= 4 is 11.6 Å². The number of benzene rings is 2. The van der Waals surface area contributed by atoms with Gasteiger partial charge in [-0.25, -0.2) is 4.68 Å². The molecule has 0 bridgehead atoms. The molecule has 0 aliphatic rings. The highest BCUT2D eigenvalue weighted by Crippen LogP contribution is 2.15. The molecular weight excluding hydrogens is 330 g/mol. The SMILES string of the molecule is CCc1ccc(OCn2cc(NC(=O)c3ccc(OC)cc3)cn2)cc1. The number of nitrogens with zero attached hydrogens (tertiary/aromatic N) is 2. The lowest BCUT2D eigenvalue weighted by atomic mass is 10.2. The lowest BCUT2D eigenvalue weighted by molar-refractivity contribution is 0.102. The van der Waals surface area contributed by atoms with Gasteiger partial charge in [0.05, 0.1) is 25.2 Å². The van der Waals surface area contributed by atoms with Crippen LogP contribution >= 0.6 is 0 Å². The molecule has 6 nitrogen and oxygen atoms in total. The van der Waals surface area contributed by atoms with E-state index in [1.54, 1.807) is 48.5 Å². The number of ether oxygens (including phenoxy) is 2. The van der Waals surface area contributed by atoms with Crippen LogP contribution in [-0.2, 0) is 13.2 Å². The zero-order valence-electron chi connectivity index (χ0n) is 14.8. The van der Waals surface area contributed by atoms with Crippen molar-refractivity contribution < 1.29 is 14.3 Å². The minimum atomic E-state index is -0.205. The van der Waals surface area contributed by atoms with Gasteiger partial charge in [-0.1, -0.05) is 19.1 Å². The summed E-state index contributed by atoms with van der Waals surface area (Å²) in [5, 5.41) is 7.01. The molecule has 1 heterocycles. The maximum atomic E-state index is 12.2. The highest BCUT2D eigenvalue weighted by Gasteiger charge is 2.08. The van der Waals surface area contributed by atoms with E-state index in [4.69, 9.17) is 9.47 Å². The zero-order valence-corrected chi connectivity index (χ0v) is 14.8. The van der Waals surface area contributed by atoms with Crippen molar-refractivity contribution in [3.8, 4) is 11.5 Å². The first-order valence-corrected chi connectivity index (χ1v) is 8.37. The van der Waals surface area contributed by atoms with Crippen LogP contribution in [0.2, 0.25) is 0 Å². The summed E-state index contributed by atoms with van der Waals surface area (Å²) in [5.74, 6) is 1.28. The predicted molar refractivity (Wildman–Crippen MR) is 99.6 cm³/mol. The summed E-state index contributed by atoms with van der Waals surface area (Å²) in [6, 6.07) is 14.9. The molecule has 0 saturated heterocycles. The van der Waals surface area contributed by atoms with E-state index in [9.17, 15) is 4.79 Å². The van der Waals surface area contributed by atoms with Gasteiger partial charge in [0.25, 0.3) is 5.91 Å². The van der Waals surface area contributed by atoms with Gasteiger partial charge in [0.1, 0.15) is 11.5 Å². The number of aryl methyl sites for hydroxylation is 1. The number of nitrogens with one attached hydrogen (secondary N) is 1. The summed E-state index contributed by atoms with van der Waals surface area (Å²) in [7, 11) is 1.59. The van der Waals surface area contributed by atoms with E-state index in [0.717, 1.165) is 12.2 Å². The number of methoxy groups -OCH3 is 1. The highest BCUT2D eigenvalue weighted by atomic mass is 16.5. The predicted octanol–water partition coefficient (Wildman–Crippen LogP) is 3.74. The van der Waals surface area contributed by atoms with Gasteiger partial charge >= 0.3 is 0 Å². The van der Waals surface area contributed by atoms with Crippen molar-refractivity contribution in [1.82, 2.24) is 9.78 Å². The second kappa shape index (κ2) is 8.20. The number of carbonyl (C=O) groups excluding carboxylic acids is 1. The van der Waals surface area contributed by atoms with Crippen molar-refractivity contribution in [2.24, 2.45) is 0 Å². The van der Waals surface area contributed by atoms with Gasteiger partial charge in [0.2, 0.25) is 0 Å². The van der Waals surface area contributed by atoms with Crippen LogP contribution in [0.5, 0.6) is 11.5 Å². The van der Waals surface area contributed by atoms with Crippen LogP contribution in [0.15, 0.2) is 60.9 Å². The summed E-state index contributed by atoms with van der Waals surface area (Å²) in [5.41, 5.74) is 2.42. The molecule has 0 saturated carbocycles. The number of aromatic nitrogens is 2. The molecule has 0 fully saturated rings. The molecule has 2 aromatic carbocycles. The van der Waals surface area contributed by atoms with Crippen LogP contribution in [-0.4, -0.2) is 22.8 Å². The summed E-state index contributed by atoms with van der Waals surface area (Å²) < 4.78 is 12.4. The fraction of sp³-hybridized carbons (Fsp3) is 0.200. The average Bonchev–Trinajstić information content (AvgIpc) is 3.14. The molecular formula is C20H21N3O3. The van der Waals surface area contributed by atoms with Gasteiger partial charge < -0.3 is 14.8 Å². The van der Waals surface area contributed by atoms with Crippen molar-refractivity contribution in [3.05, 3.63) is 72.1 Å². The van der Waals surface area contributed by atoms with Crippen LogP contribution in [0, 0.1) is 0 Å². The van der Waals surface area contributed by atoms with E-state index >= 15 is 0 Å². The maximum Gasteiger partial charge on any atom is 0.255 e. The Balaban J connectivity index is 1.55. The third-order valence-electron chi connectivity index (χ3n) is 3.94. The summed E-state index contributed by atoms with van der Waals surface area (Å²) in [6.45, 7) is 2.38. The van der Waals surface area contributed by atoms with Gasteiger partial charge in [0, 0.05) is 5.56 Å². The Morgan fingerprint density at radius 2 is 1.77 bits per heavy atom. The largest absolute Gasteiger partial charge is 0.497 e. The van der Waals surface area contributed by atoms with E-state index in [-0.39, 0.29) is 12.6 Å². The van der Waals surface area contributed by atoms with E-state index in [1.165, 1.54) is 5.56 Å². The molecule has 6 heteroatoms. The van der Waals surface area contributed by atoms with Gasteiger partial charge in [-0.3, -0.25) is 4.79 Å². The molecule has 0 atom stereocenters. The first-order chi connectivity index (χ1) is 12.7. The fourth-order valence-corrected chi connectivity index (χ4v) is 2.41. The second-order valence-electron chi connectivity index (χ2n) is 5.72. The molecule has 0 aliphatic heterocycles. The monoisotopic (exact) mass is 351 g/mol. The Hall–Kier alpha value is -3.28. The molecule has 0 aliphatic carbocycles. The molecule has 0 spiro atoms. The molecule has 1 amide bonds. The lowest BCUT2D eigenvalue weighted by Crippen LogP contribution is -2.11. The molecule has 1 N–H and O–H groups in total. The molecule has 134 valence electrons. The number of carbonyl (C=O) groups is 1. The Kier molecular flexibility index (Phi) is 5.53. The van der Waals surface area contributed by atoms with Crippen molar-refractivity contribution in [3.63, 3.8) is 0 Å². The summed E-state index contributed by atoms with van der Waals surface area (Å²) >= 11 is 0. The minimum Gasteiger partial charge on any atom is -0.497 e. The number of rotatable bonds is 7. The van der Waals surface area contributed by atoms with E-state index in [1.807, 2.05) is 24.3 Å². The molecule has 0 radical (unpaired) electrons. The van der Waals surface area contributed by atoms with Crippen LogP contribution in [0.25, 0.3) is 0 Å². The van der Waals surface area contributed by atoms with Crippen LogP contribution in [0.3, 0.4) is 0 Å². The quantitative estimate of drug-likeness (QED) is 0.704. The number of amides is 1. The number of anilines is 1. The number of hydrogen-bond donors (Lipinski definition) is 1. The average molecular weight is 351 g/mol. The smallest absolute Gasteiger partial charge is 0.255 e. The molecule has 26 heavy (non-hydrogen) atoms. The number of hydrogen-bond acceptors (Lipinski definition) is 4. The Bertz CT molecular complexity index is 855. The Morgan fingerprint density at radius 1 is 1.08 bits per heavy atom. The summed E-state index contributed by atoms with van der Waals surface area (Å²) in [4.78, 5) is 12.2. The van der Waals surface area contributed by atoms with Crippen molar-refractivity contribution in [1.29, 1.82) is 0 Å². The topological polar surface area (TPSA) is 65.4 Å². The third kappa shape index (κ3) is 4.42. The van der Waals surface area contributed by atoms with E-state index in [0.29, 0.717) is 17.0 Å². The van der Waals surface area contributed by atoms with Crippen LogP contribution in [0.4, 0.5) is 5.69 Å². The zero-order chi connectivity index (χ0) is 18.4. The third-order valence-corrected chi connectivity index (χ3v) is 3.94. The first-order valence-electron chi connectivity index (χ1n) is 8.37. The van der Waals surface area contributed by atoms with Crippen molar-refractivity contribution in [2.75, 3.05) is 12.4 Å². The van der Waals surface area contributed by atoms with E-state index < -0.39 is 0 Å². The normalized spacial score (nSPS) is 10.4. The Labute approximate surface area is 152 Å². The van der Waals surface area contributed by atoms with Crippen LogP contribution < -0.4 is 14.8 Å². The minimum absolute atomic E-state index is 0.205. The molecule has 3 aromatic rings. The maximum absolute atomic E-state index is 12.2. The van der Waals surface area contributed by atoms with Gasteiger partial charge in [-0.15, -0.1) is 0 Å². The van der Waals surface area contributed by atoms with Gasteiger partial charge in [-0.2, -0.15) is 5.10 Å². The second-order valence-corrected chi connectivity index (χ2v) is 5.72. The molecule has 0 unspecified atom stereocenters. The molecule has 1 aromatic heterocycles. The standard InChI is InChI=1S/C20H21N3O3/c1-3-15-4-8-19(9-5-15)26-14-23-13-17(12-21-23)22-20(24)16-6-10-18(25-2)11-7-16/h4-13H,3,14H2,1-2H3,(H,22,24). The van der Waals surface area contributed by atoms with Gasteiger partial charge in [-0.05, 0) is 48.4 Å². The van der Waals surface area contributed by atoms with Crippen molar-refractivity contribution in [2.45, 2.75) is 20.1 Å². The highest BCUT2D eigenvalue weighted by molar-refractivity contribution is 6.04. The van der Waals surface area contributed by atoms with E-state index in [2.05, 4.69) is 17.3 Å². The molecule has 3 rings (SSSR count). The lowest BCUT2D eigenvalue weighted by Gasteiger charge is -2.07. The fourth-order valence-electron chi connectivity index (χ4n) is 2.41. The van der Waals surface area contributed by atoms with Crippen LogP contribution in [0.1, 0.15) is 22.8 Å².